The van der Waals surface area contributed by atoms with Crippen LogP contribution in [-0.4, -0.2) is 18.4 Å². The lowest BCUT2D eigenvalue weighted by Gasteiger charge is -2.19. The van der Waals surface area contributed by atoms with E-state index in [-0.39, 0.29) is 17.2 Å². The Morgan fingerprint density at radius 1 is 0.848 bits per heavy atom. The molecule has 5 nitrogen and oxygen atoms in total. The van der Waals surface area contributed by atoms with Crippen molar-refractivity contribution in [1.82, 2.24) is 0 Å². The van der Waals surface area contributed by atoms with Crippen LogP contribution in [0.15, 0.2) is 71.2 Å². The lowest BCUT2D eigenvalue weighted by molar-refractivity contribution is 0.101. The van der Waals surface area contributed by atoms with E-state index in [4.69, 9.17) is 4.74 Å². The van der Waals surface area contributed by atoms with Gasteiger partial charge in [0.25, 0.3) is 11.8 Å². The molecule has 0 aliphatic carbocycles. The third-order valence-corrected chi connectivity index (χ3v) is 5.55. The molecule has 0 bridgehead atoms. The van der Waals surface area contributed by atoms with Gasteiger partial charge in [-0.2, -0.15) is 0 Å². The topological polar surface area (TPSA) is 67.4 Å². The summed E-state index contributed by atoms with van der Waals surface area (Å²) in [6.45, 7) is 8.96. The molecule has 0 aromatic heterocycles. The van der Waals surface area contributed by atoms with Gasteiger partial charge in [0.2, 0.25) is 0 Å². The first kappa shape index (κ1) is 24.5. The highest BCUT2D eigenvalue weighted by Crippen LogP contribution is 2.25. The number of hydrogen-bond donors (Lipinski definition) is 2. The van der Waals surface area contributed by atoms with Crippen LogP contribution in [0.1, 0.15) is 60.4 Å². The second-order valence-electron chi connectivity index (χ2n) is 8.80. The van der Waals surface area contributed by atoms with E-state index in [1.54, 1.807) is 36.4 Å². The van der Waals surface area contributed by atoms with Crippen molar-refractivity contribution in [2.45, 2.75) is 39.5 Å². The van der Waals surface area contributed by atoms with E-state index in [2.05, 4.69) is 47.3 Å². The fourth-order valence-corrected chi connectivity index (χ4v) is 3.54. The number of nitrogens with one attached hydrogen (secondary N) is 2. The van der Waals surface area contributed by atoms with Crippen LogP contribution >= 0.6 is 15.9 Å². The number of rotatable bonds is 7. The molecule has 0 aliphatic rings. The summed E-state index contributed by atoms with van der Waals surface area (Å²) in [4.78, 5) is 25.4. The molecular formula is C27H29BrN2O3. The normalized spacial score (nSPS) is 11.1. The molecule has 0 atom stereocenters. The Kier molecular flexibility index (Phi) is 7.92. The zero-order chi connectivity index (χ0) is 24.0. The molecule has 2 amide bonds. The highest BCUT2D eigenvalue weighted by atomic mass is 79.9. The van der Waals surface area contributed by atoms with E-state index >= 15 is 0 Å². The highest BCUT2D eigenvalue weighted by Gasteiger charge is 2.15. The Morgan fingerprint density at radius 3 is 1.97 bits per heavy atom. The van der Waals surface area contributed by atoms with Crippen molar-refractivity contribution in [1.29, 1.82) is 0 Å². The number of carbonyl (C=O) groups excluding carboxylic acids is 2. The van der Waals surface area contributed by atoms with Gasteiger partial charge in [0.15, 0.2) is 0 Å². The van der Waals surface area contributed by atoms with Crippen LogP contribution in [0.5, 0.6) is 5.75 Å². The summed E-state index contributed by atoms with van der Waals surface area (Å²) in [7, 11) is 0. The SMILES string of the molecule is CCCOc1ccc(Br)cc1C(=O)Nc1ccc(NC(=O)c2ccc(C(C)(C)C)cc2)cc1. The van der Waals surface area contributed by atoms with Crippen molar-refractivity contribution in [3.05, 3.63) is 87.9 Å². The fourth-order valence-electron chi connectivity index (χ4n) is 3.18. The summed E-state index contributed by atoms with van der Waals surface area (Å²) in [5, 5.41) is 5.77. The van der Waals surface area contributed by atoms with Crippen LogP contribution in [-0.2, 0) is 5.41 Å². The molecule has 0 spiro atoms. The molecule has 0 heterocycles. The first-order valence-electron chi connectivity index (χ1n) is 10.9. The maximum atomic E-state index is 12.8. The summed E-state index contributed by atoms with van der Waals surface area (Å²) < 4.78 is 6.50. The number of hydrogen-bond acceptors (Lipinski definition) is 3. The maximum Gasteiger partial charge on any atom is 0.259 e. The molecule has 3 rings (SSSR count). The Balaban J connectivity index is 1.65. The van der Waals surface area contributed by atoms with Crippen molar-refractivity contribution in [2.24, 2.45) is 0 Å². The standard InChI is InChI=1S/C27H29BrN2O3/c1-5-16-33-24-15-10-20(28)17-23(24)26(32)30-22-13-11-21(12-14-22)29-25(31)18-6-8-19(9-7-18)27(2,3)4/h6-15,17H,5,16H2,1-4H3,(H,29,31)(H,30,32). The number of benzene rings is 3. The van der Waals surface area contributed by atoms with Crippen molar-refractivity contribution < 1.29 is 14.3 Å². The van der Waals surface area contributed by atoms with Gasteiger partial charge in [-0.1, -0.05) is 55.8 Å². The van der Waals surface area contributed by atoms with Gasteiger partial charge in [0, 0.05) is 21.4 Å². The summed E-state index contributed by atoms with van der Waals surface area (Å²) in [5.41, 5.74) is 3.52. The largest absolute Gasteiger partial charge is 0.493 e. The van der Waals surface area contributed by atoms with Crippen molar-refractivity contribution in [2.75, 3.05) is 17.2 Å². The van der Waals surface area contributed by atoms with Crippen LogP contribution in [0.4, 0.5) is 11.4 Å². The van der Waals surface area contributed by atoms with Crippen molar-refractivity contribution >= 4 is 39.1 Å². The van der Waals surface area contributed by atoms with E-state index in [1.165, 1.54) is 5.56 Å². The Bertz CT molecular complexity index is 1120. The minimum atomic E-state index is -0.266. The Morgan fingerprint density at radius 2 is 1.42 bits per heavy atom. The Labute approximate surface area is 203 Å². The van der Waals surface area contributed by atoms with Gasteiger partial charge in [0.1, 0.15) is 5.75 Å². The van der Waals surface area contributed by atoms with E-state index in [0.717, 1.165) is 10.9 Å². The molecule has 0 saturated heterocycles. The summed E-state index contributed by atoms with van der Waals surface area (Å²) >= 11 is 3.41. The molecule has 0 saturated carbocycles. The molecule has 0 fully saturated rings. The number of carbonyl (C=O) groups is 2. The fraction of sp³-hybridized carbons (Fsp3) is 0.259. The smallest absolute Gasteiger partial charge is 0.259 e. The molecule has 33 heavy (non-hydrogen) atoms. The number of ether oxygens (including phenoxy) is 1. The zero-order valence-electron chi connectivity index (χ0n) is 19.4. The third kappa shape index (κ3) is 6.68. The highest BCUT2D eigenvalue weighted by molar-refractivity contribution is 9.10. The van der Waals surface area contributed by atoms with Crippen LogP contribution < -0.4 is 15.4 Å². The van der Waals surface area contributed by atoms with E-state index < -0.39 is 0 Å². The lowest BCUT2D eigenvalue weighted by Crippen LogP contribution is -2.15. The molecule has 0 unspecified atom stereocenters. The monoisotopic (exact) mass is 508 g/mol. The van der Waals surface area contributed by atoms with Gasteiger partial charge < -0.3 is 15.4 Å². The third-order valence-electron chi connectivity index (χ3n) is 5.06. The quantitative estimate of drug-likeness (QED) is 0.359. The van der Waals surface area contributed by atoms with Gasteiger partial charge >= 0.3 is 0 Å². The summed E-state index contributed by atoms with van der Waals surface area (Å²) in [6.07, 6.45) is 0.852. The minimum Gasteiger partial charge on any atom is -0.493 e. The summed E-state index contributed by atoms with van der Waals surface area (Å²) in [5.74, 6) is 0.0936. The first-order chi connectivity index (χ1) is 15.7. The molecular weight excluding hydrogens is 480 g/mol. The van der Waals surface area contributed by atoms with E-state index in [0.29, 0.717) is 34.9 Å². The predicted octanol–water partition coefficient (Wildman–Crippen LogP) is 7.04. The first-order valence-corrected chi connectivity index (χ1v) is 11.7. The average molecular weight is 509 g/mol. The molecule has 3 aromatic carbocycles. The van der Waals surface area contributed by atoms with Crippen LogP contribution in [0.3, 0.4) is 0 Å². The van der Waals surface area contributed by atoms with Crippen LogP contribution in [0.25, 0.3) is 0 Å². The van der Waals surface area contributed by atoms with Gasteiger partial charge in [-0.05, 0) is 72.0 Å². The van der Waals surface area contributed by atoms with Crippen molar-refractivity contribution in [3.8, 4) is 5.75 Å². The predicted molar refractivity (Wildman–Crippen MR) is 137 cm³/mol. The average Bonchev–Trinajstić information content (AvgIpc) is 2.79. The second-order valence-corrected chi connectivity index (χ2v) is 9.72. The molecule has 0 aliphatic heterocycles. The zero-order valence-corrected chi connectivity index (χ0v) is 21.0. The van der Waals surface area contributed by atoms with Gasteiger partial charge in [0.05, 0.1) is 12.2 Å². The van der Waals surface area contributed by atoms with Gasteiger partial charge in [-0.25, -0.2) is 0 Å². The van der Waals surface area contributed by atoms with Crippen LogP contribution in [0.2, 0.25) is 0 Å². The number of anilines is 2. The molecule has 3 aromatic rings. The van der Waals surface area contributed by atoms with E-state index in [9.17, 15) is 9.59 Å². The molecule has 0 radical (unpaired) electrons. The molecule has 6 heteroatoms. The van der Waals surface area contributed by atoms with Gasteiger partial charge in [-0.15, -0.1) is 0 Å². The number of halogens is 1. The maximum absolute atomic E-state index is 12.8. The summed E-state index contributed by atoms with van der Waals surface area (Å²) in [6, 6.07) is 20.0. The van der Waals surface area contributed by atoms with Crippen molar-refractivity contribution in [3.63, 3.8) is 0 Å². The van der Waals surface area contributed by atoms with Crippen LogP contribution in [0, 0.1) is 0 Å². The Hall–Kier alpha value is -3.12. The minimum absolute atomic E-state index is 0.0357. The number of amides is 2. The van der Waals surface area contributed by atoms with E-state index in [1.807, 2.05) is 37.3 Å². The lowest BCUT2D eigenvalue weighted by atomic mass is 9.87. The van der Waals surface area contributed by atoms with Gasteiger partial charge in [-0.3, -0.25) is 9.59 Å². The molecule has 172 valence electrons. The molecule has 2 N–H and O–H groups in total. The second kappa shape index (κ2) is 10.7.